The van der Waals surface area contributed by atoms with Crippen molar-refractivity contribution in [3.63, 3.8) is 0 Å². The minimum absolute atomic E-state index is 0.0492. The average molecular weight is 292 g/mol. The molecule has 106 valence electrons. The molecular formula is C16H18ClNO2. The summed E-state index contributed by atoms with van der Waals surface area (Å²) in [5, 5.41) is 0.672. The van der Waals surface area contributed by atoms with Crippen LogP contribution in [0.3, 0.4) is 0 Å². The Kier molecular flexibility index (Phi) is 4.19. The third-order valence-electron chi connectivity index (χ3n) is 3.50. The summed E-state index contributed by atoms with van der Waals surface area (Å²) in [6, 6.07) is 9.27. The van der Waals surface area contributed by atoms with Crippen molar-refractivity contribution in [2.75, 3.05) is 7.05 Å². The molecule has 0 aliphatic carbocycles. The van der Waals surface area contributed by atoms with Crippen LogP contribution in [-0.4, -0.2) is 17.9 Å². The van der Waals surface area contributed by atoms with Gasteiger partial charge in [0.2, 0.25) is 0 Å². The molecule has 1 heterocycles. The summed E-state index contributed by atoms with van der Waals surface area (Å²) in [7, 11) is 1.79. The van der Waals surface area contributed by atoms with Gasteiger partial charge in [-0.05, 0) is 44.5 Å². The smallest absolute Gasteiger partial charge is 0.257 e. The number of rotatable bonds is 3. The number of aryl methyl sites for hydroxylation is 2. The van der Waals surface area contributed by atoms with Gasteiger partial charge in [-0.1, -0.05) is 23.7 Å². The maximum atomic E-state index is 12.5. The summed E-state index contributed by atoms with van der Waals surface area (Å²) in [5.41, 5.74) is 1.62. The molecule has 2 aromatic rings. The zero-order valence-electron chi connectivity index (χ0n) is 12.1. The number of hydrogen-bond acceptors (Lipinski definition) is 2. The summed E-state index contributed by atoms with van der Waals surface area (Å²) in [6.45, 7) is 5.62. The number of nitrogens with zero attached hydrogens (tertiary/aromatic N) is 1. The molecule has 0 saturated heterocycles. The molecule has 1 amide bonds. The second-order valence-corrected chi connectivity index (χ2v) is 5.41. The lowest BCUT2D eigenvalue weighted by Gasteiger charge is -2.25. The van der Waals surface area contributed by atoms with E-state index in [-0.39, 0.29) is 11.9 Å². The summed E-state index contributed by atoms with van der Waals surface area (Å²) in [5.74, 6) is 1.35. The third kappa shape index (κ3) is 2.88. The minimum atomic E-state index is -0.0594. The Bertz CT molecular complexity index is 633. The topological polar surface area (TPSA) is 33.5 Å². The van der Waals surface area contributed by atoms with Crippen LogP contribution in [0.15, 0.2) is 34.7 Å². The number of benzene rings is 1. The fourth-order valence-electron chi connectivity index (χ4n) is 2.20. The van der Waals surface area contributed by atoms with Gasteiger partial charge in [0.05, 0.1) is 11.6 Å². The van der Waals surface area contributed by atoms with Crippen LogP contribution < -0.4 is 0 Å². The zero-order valence-corrected chi connectivity index (χ0v) is 12.9. The van der Waals surface area contributed by atoms with E-state index in [0.717, 1.165) is 11.3 Å². The molecule has 0 fully saturated rings. The Labute approximate surface area is 124 Å². The average Bonchev–Trinajstić information content (AvgIpc) is 2.75. The molecule has 1 aromatic carbocycles. The van der Waals surface area contributed by atoms with Gasteiger partial charge in [-0.25, -0.2) is 0 Å². The van der Waals surface area contributed by atoms with Crippen LogP contribution >= 0.6 is 11.6 Å². The first kappa shape index (κ1) is 14.7. The number of carbonyl (C=O) groups is 1. The predicted molar refractivity (Wildman–Crippen MR) is 80.1 cm³/mol. The van der Waals surface area contributed by atoms with Gasteiger partial charge in [0.15, 0.2) is 0 Å². The van der Waals surface area contributed by atoms with Crippen molar-refractivity contribution in [2.45, 2.75) is 26.8 Å². The highest BCUT2D eigenvalue weighted by Gasteiger charge is 2.22. The van der Waals surface area contributed by atoms with Crippen LogP contribution in [0.5, 0.6) is 0 Å². The Balaban J connectivity index is 2.24. The summed E-state index contributed by atoms with van der Waals surface area (Å²) in [4.78, 5) is 14.2. The minimum Gasteiger partial charge on any atom is -0.466 e. The van der Waals surface area contributed by atoms with E-state index >= 15 is 0 Å². The van der Waals surface area contributed by atoms with E-state index in [1.165, 1.54) is 0 Å². The van der Waals surface area contributed by atoms with Gasteiger partial charge in [0, 0.05) is 12.1 Å². The maximum Gasteiger partial charge on any atom is 0.257 e. The first-order valence-electron chi connectivity index (χ1n) is 6.50. The zero-order chi connectivity index (χ0) is 14.9. The fraction of sp³-hybridized carbons (Fsp3) is 0.312. The van der Waals surface area contributed by atoms with Crippen LogP contribution in [0, 0.1) is 13.8 Å². The van der Waals surface area contributed by atoms with Gasteiger partial charge in [0.25, 0.3) is 5.91 Å². The van der Waals surface area contributed by atoms with Crippen LogP contribution in [-0.2, 0) is 0 Å². The van der Waals surface area contributed by atoms with Crippen molar-refractivity contribution >= 4 is 17.5 Å². The van der Waals surface area contributed by atoms with Crippen molar-refractivity contribution < 1.29 is 9.21 Å². The van der Waals surface area contributed by atoms with Crippen LogP contribution in [0.4, 0.5) is 0 Å². The second-order valence-electron chi connectivity index (χ2n) is 4.97. The Morgan fingerprint density at radius 1 is 1.30 bits per heavy atom. The molecule has 0 spiro atoms. The van der Waals surface area contributed by atoms with Crippen molar-refractivity contribution in [3.8, 4) is 0 Å². The van der Waals surface area contributed by atoms with Crippen molar-refractivity contribution in [1.82, 2.24) is 4.90 Å². The number of hydrogen-bond donors (Lipinski definition) is 0. The van der Waals surface area contributed by atoms with E-state index in [1.807, 2.05) is 38.1 Å². The van der Waals surface area contributed by atoms with Crippen molar-refractivity contribution in [1.29, 1.82) is 0 Å². The molecule has 0 radical (unpaired) electrons. The summed E-state index contributed by atoms with van der Waals surface area (Å²) >= 11 is 6.00. The van der Waals surface area contributed by atoms with E-state index in [9.17, 15) is 4.79 Å². The third-order valence-corrected chi connectivity index (χ3v) is 3.74. The Morgan fingerprint density at radius 2 is 2.00 bits per heavy atom. The largest absolute Gasteiger partial charge is 0.466 e. The van der Waals surface area contributed by atoms with Crippen LogP contribution in [0.1, 0.15) is 40.4 Å². The summed E-state index contributed by atoms with van der Waals surface area (Å²) in [6.07, 6.45) is 0. The number of carbonyl (C=O) groups excluding carboxylic acids is 1. The Morgan fingerprint density at radius 3 is 2.55 bits per heavy atom. The lowest BCUT2D eigenvalue weighted by Crippen LogP contribution is -2.29. The highest BCUT2D eigenvalue weighted by Crippen LogP contribution is 2.25. The quantitative estimate of drug-likeness (QED) is 0.840. The van der Waals surface area contributed by atoms with E-state index in [0.29, 0.717) is 16.3 Å². The normalized spacial score (nSPS) is 12.2. The first-order chi connectivity index (χ1) is 9.40. The molecule has 0 aliphatic heterocycles. The Hall–Kier alpha value is -1.74. The molecular weight excluding hydrogens is 274 g/mol. The number of furan rings is 1. The fourth-order valence-corrected chi connectivity index (χ4v) is 2.40. The molecule has 0 saturated carbocycles. The van der Waals surface area contributed by atoms with E-state index in [4.69, 9.17) is 16.0 Å². The van der Waals surface area contributed by atoms with Crippen LogP contribution in [0.25, 0.3) is 0 Å². The predicted octanol–water partition coefficient (Wildman–Crippen LogP) is 4.38. The van der Waals surface area contributed by atoms with Crippen LogP contribution in [0.2, 0.25) is 5.02 Å². The second kappa shape index (κ2) is 5.71. The lowest BCUT2D eigenvalue weighted by molar-refractivity contribution is 0.0741. The van der Waals surface area contributed by atoms with Crippen molar-refractivity contribution in [3.05, 3.63) is 58.0 Å². The van der Waals surface area contributed by atoms with Gasteiger partial charge >= 0.3 is 0 Å². The molecule has 1 unspecified atom stereocenters. The highest BCUT2D eigenvalue weighted by atomic mass is 35.5. The molecule has 2 rings (SSSR count). The number of halogens is 1. The molecule has 0 bridgehead atoms. The SMILES string of the molecule is Cc1cc(C(=O)N(C)C(C)c2cccc(Cl)c2)c(C)o1. The molecule has 1 aromatic heterocycles. The van der Waals surface area contributed by atoms with Gasteiger partial charge < -0.3 is 9.32 Å². The molecule has 0 aliphatic rings. The first-order valence-corrected chi connectivity index (χ1v) is 6.87. The molecule has 3 nitrogen and oxygen atoms in total. The molecule has 1 atom stereocenters. The van der Waals surface area contributed by atoms with Gasteiger partial charge in [0.1, 0.15) is 11.5 Å². The lowest BCUT2D eigenvalue weighted by atomic mass is 10.1. The number of amides is 1. The van der Waals surface area contributed by atoms with Gasteiger partial charge in [-0.2, -0.15) is 0 Å². The highest BCUT2D eigenvalue weighted by molar-refractivity contribution is 6.30. The molecule has 20 heavy (non-hydrogen) atoms. The monoisotopic (exact) mass is 291 g/mol. The van der Waals surface area contributed by atoms with Crippen molar-refractivity contribution in [2.24, 2.45) is 0 Å². The maximum absolute atomic E-state index is 12.5. The molecule has 0 N–H and O–H groups in total. The van der Waals surface area contributed by atoms with Gasteiger partial charge in [-0.3, -0.25) is 4.79 Å². The van der Waals surface area contributed by atoms with E-state index < -0.39 is 0 Å². The standard InChI is InChI=1S/C16H18ClNO2/c1-10-8-15(12(3)20-10)16(19)18(4)11(2)13-6-5-7-14(17)9-13/h5-9,11H,1-4H3. The van der Waals surface area contributed by atoms with Gasteiger partial charge in [-0.15, -0.1) is 0 Å². The van der Waals surface area contributed by atoms with E-state index in [2.05, 4.69) is 0 Å². The van der Waals surface area contributed by atoms with E-state index in [1.54, 1.807) is 24.9 Å². The summed E-state index contributed by atoms with van der Waals surface area (Å²) < 4.78 is 5.42. The molecule has 4 heteroatoms.